The molecule has 0 aromatic heterocycles. The molecule has 0 saturated heterocycles. The number of rotatable bonds is 5. The second-order valence-corrected chi connectivity index (χ2v) is 4.95. The monoisotopic (exact) mass is 343 g/mol. The molecule has 0 bridgehead atoms. The number of carboxylic acid groups (broad SMARTS) is 1. The number of carboxylic acids is 1. The number of aliphatic carboxylic acids is 1. The molecule has 0 aliphatic rings. The fourth-order valence-corrected chi connectivity index (χ4v) is 2.13. The third-order valence-corrected chi connectivity index (χ3v) is 3.19. The van der Waals surface area contributed by atoms with Gasteiger partial charge in [-0.3, -0.25) is 5.84 Å². The normalized spacial score (nSPS) is 12.6. The lowest BCUT2D eigenvalue weighted by molar-refractivity contribution is -0.274. The van der Waals surface area contributed by atoms with Gasteiger partial charge < -0.3 is 21.0 Å². The molecule has 0 aliphatic carbocycles. The summed E-state index contributed by atoms with van der Waals surface area (Å²) in [7, 11) is 0. The van der Waals surface area contributed by atoms with Crippen molar-refractivity contribution in [3.63, 3.8) is 0 Å². The first kappa shape index (κ1) is 17.3. The molecule has 0 amide bonds. The number of nitrogens with two attached hydrogens (primary N) is 2. The zero-order valence-corrected chi connectivity index (χ0v) is 11.6. The van der Waals surface area contributed by atoms with Crippen molar-refractivity contribution < 1.29 is 27.8 Å². The molecular formula is C10H9ClF3N3O3S. The molecule has 11 heteroatoms. The van der Waals surface area contributed by atoms with Crippen LogP contribution in [0.2, 0.25) is 5.02 Å². The molecule has 6 N–H and O–H groups in total. The standard InChI is InChI=1S/C10H9ClF3N3O3S/c11-5-2-1-4(3-6(5)20-10(12,13)14)21-8(15)7(17-16)9(18)19/h1-3,17H,15-16H2,(H,18,19)/b8-7+. The van der Waals surface area contributed by atoms with Crippen LogP contribution in [0.1, 0.15) is 0 Å². The first-order valence-corrected chi connectivity index (χ1v) is 6.26. The van der Waals surface area contributed by atoms with Gasteiger partial charge in [-0.1, -0.05) is 23.4 Å². The quantitative estimate of drug-likeness (QED) is 0.280. The summed E-state index contributed by atoms with van der Waals surface area (Å²) in [6.07, 6.45) is -4.90. The Morgan fingerprint density at radius 1 is 1.43 bits per heavy atom. The van der Waals surface area contributed by atoms with Gasteiger partial charge in [0.1, 0.15) is 10.8 Å². The Kier molecular flexibility index (Phi) is 5.58. The topological polar surface area (TPSA) is 111 Å². The summed E-state index contributed by atoms with van der Waals surface area (Å²) in [6, 6.07) is 3.48. The highest BCUT2D eigenvalue weighted by atomic mass is 35.5. The van der Waals surface area contributed by atoms with Crippen molar-refractivity contribution in [3.8, 4) is 5.75 Å². The first-order chi connectivity index (χ1) is 9.64. The first-order valence-electron chi connectivity index (χ1n) is 5.07. The molecule has 1 rings (SSSR count). The summed E-state index contributed by atoms with van der Waals surface area (Å²) in [5.74, 6) is 2.95. The van der Waals surface area contributed by atoms with Crippen molar-refractivity contribution in [2.75, 3.05) is 0 Å². The van der Waals surface area contributed by atoms with Gasteiger partial charge in [-0.25, -0.2) is 4.79 Å². The second-order valence-electron chi connectivity index (χ2n) is 3.43. The largest absolute Gasteiger partial charge is 0.573 e. The second kappa shape index (κ2) is 6.78. The van der Waals surface area contributed by atoms with Crippen LogP contribution >= 0.6 is 23.4 Å². The molecule has 0 heterocycles. The van der Waals surface area contributed by atoms with Gasteiger partial charge in [0.15, 0.2) is 5.70 Å². The number of carbonyl (C=O) groups is 1. The van der Waals surface area contributed by atoms with E-state index < -0.39 is 23.8 Å². The molecule has 1 aromatic rings. The highest BCUT2D eigenvalue weighted by molar-refractivity contribution is 8.03. The van der Waals surface area contributed by atoms with Crippen LogP contribution in [0.25, 0.3) is 0 Å². The molecule has 6 nitrogen and oxygen atoms in total. The number of hydrogen-bond acceptors (Lipinski definition) is 6. The van der Waals surface area contributed by atoms with Gasteiger partial charge in [-0.05, 0) is 18.2 Å². The van der Waals surface area contributed by atoms with E-state index in [1.807, 2.05) is 5.43 Å². The summed E-state index contributed by atoms with van der Waals surface area (Å²) in [5, 5.41) is 8.28. The molecule has 0 fully saturated rings. The SMILES string of the molecule is NN/C(C(=O)O)=C(\N)Sc1ccc(Cl)c(OC(F)(F)F)c1. The number of hydrogen-bond donors (Lipinski definition) is 4. The van der Waals surface area contributed by atoms with Crippen LogP contribution in [0, 0.1) is 0 Å². The smallest absolute Gasteiger partial charge is 0.476 e. The molecule has 0 aliphatic heterocycles. The maximum absolute atomic E-state index is 12.2. The fourth-order valence-electron chi connectivity index (χ4n) is 1.17. The lowest BCUT2D eigenvalue weighted by atomic mass is 10.3. The van der Waals surface area contributed by atoms with E-state index in [1.54, 1.807) is 0 Å². The Bertz CT molecular complexity index is 580. The Morgan fingerprint density at radius 3 is 2.52 bits per heavy atom. The predicted octanol–water partition coefficient (Wildman–Crippen LogP) is 2.01. The van der Waals surface area contributed by atoms with Crippen molar-refractivity contribution in [2.24, 2.45) is 11.6 Å². The zero-order chi connectivity index (χ0) is 16.2. The van der Waals surface area contributed by atoms with Gasteiger partial charge in [0, 0.05) is 4.90 Å². The maximum atomic E-state index is 12.2. The number of nitrogens with one attached hydrogen (secondary N) is 1. The summed E-state index contributed by atoms with van der Waals surface area (Å²) in [4.78, 5) is 11.0. The average molecular weight is 344 g/mol. The van der Waals surface area contributed by atoms with Gasteiger partial charge in [-0.2, -0.15) is 0 Å². The van der Waals surface area contributed by atoms with E-state index >= 15 is 0 Å². The van der Waals surface area contributed by atoms with E-state index in [-0.39, 0.29) is 14.9 Å². The van der Waals surface area contributed by atoms with Crippen LogP contribution in [0.15, 0.2) is 33.8 Å². The van der Waals surface area contributed by atoms with Crippen LogP contribution in [-0.4, -0.2) is 17.4 Å². The Balaban J connectivity index is 3.05. The Morgan fingerprint density at radius 2 is 2.05 bits per heavy atom. The summed E-state index contributed by atoms with van der Waals surface area (Å²) in [5.41, 5.74) is 6.89. The van der Waals surface area contributed by atoms with Crippen molar-refractivity contribution in [3.05, 3.63) is 33.9 Å². The summed E-state index contributed by atoms with van der Waals surface area (Å²) < 4.78 is 40.3. The third kappa shape index (κ3) is 5.25. The minimum atomic E-state index is -4.90. The number of ether oxygens (including phenoxy) is 1. The van der Waals surface area contributed by atoms with Gasteiger partial charge in [0.05, 0.1) is 5.02 Å². The van der Waals surface area contributed by atoms with Gasteiger partial charge in [0.2, 0.25) is 0 Å². The van der Waals surface area contributed by atoms with Crippen LogP contribution in [0.4, 0.5) is 13.2 Å². The summed E-state index contributed by atoms with van der Waals surface area (Å²) >= 11 is 6.26. The van der Waals surface area contributed by atoms with Gasteiger partial charge >= 0.3 is 12.3 Å². The van der Waals surface area contributed by atoms with E-state index in [4.69, 9.17) is 28.3 Å². The maximum Gasteiger partial charge on any atom is 0.573 e. The molecule has 1 aromatic carbocycles. The predicted molar refractivity (Wildman–Crippen MR) is 70.2 cm³/mol. The van der Waals surface area contributed by atoms with E-state index in [0.717, 1.165) is 12.1 Å². The lowest BCUT2D eigenvalue weighted by Gasteiger charge is -2.12. The van der Waals surface area contributed by atoms with Gasteiger partial charge in [-0.15, -0.1) is 13.2 Å². The van der Waals surface area contributed by atoms with Crippen LogP contribution < -0.4 is 21.7 Å². The van der Waals surface area contributed by atoms with Crippen molar-refractivity contribution in [2.45, 2.75) is 11.3 Å². The minimum absolute atomic E-state index is 0.185. The number of thioether (sulfide) groups is 1. The molecule has 116 valence electrons. The lowest BCUT2D eigenvalue weighted by Crippen LogP contribution is -2.29. The zero-order valence-electron chi connectivity index (χ0n) is 10.1. The molecule has 0 unspecified atom stereocenters. The van der Waals surface area contributed by atoms with E-state index in [0.29, 0.717) is 11.8 Å². The molecule has 0 spiro atoms. The number of halogens is 4. The number of alkyl halides is 3. The molecule has 0 radical (unpaired) electrons. The summed E-state index contributed by atoms with van der Waals surface area (Å²) in [6.45, 7) is 0. The van der Waals surface area contributed by atoms with Crippen molar-refractivity contribution in [1.29, 1.82) is 0 Å². The van der Waals surface area contributed by atoms with E-state index in [9.17, 15) is 18.0 Å². The molecule has 21 heavy (non-hydrogen) atoms. The van der Waals surface area contributed by atoms with Crippen molar-refractivity contribution >= 4 is 29.3 Å². The van der Waals surface area contributed by atoms with E-state index in [2.05, 4.69) is 4.74 Å². The highest BCUT2D eigenvalue weighted by Crippen LogP contribution is 2.35. The molecular weight excluding hydrogens is 335 g/mol. The van der Waals surface area contributed by atoms with Gasteiger partial charge in [0.25, 0.3) is 0 Å². The Hall–Kier alpha value is -1.78. The van der Waals surface area contributed by atoms with Crippen LogP contribution in [0.5, 0.6) is 5.75 Å². The average Bonchev–Trinajstić information content (AvgIpc) is 2.32. The minimum Gasteiger partial charge on any atom is -0.476 e. The van der Waals surface area contributed by atoms with E-state index in [1.165, 1.54) is 6.07 Å². The number of hydrazine groups is 1. The number of benzene rings is 1. The van der Waals surface area contributed by atoms with Crippen molar-refractivity contribution in [1.82, 2.24) is 5.43 Å². The molecule has 0 atom stereocenters. The third-order valence-electron chi connectivity index (χ3n) is 1.96. The fraction of sp³-hybridized carbons (Fsp3) is 0.100. The molecule has 0 saturated carbocycles. The van der Waals surface area contributed by atoms with Crippen LogP contribution in [-0.2, 0) is 4.79 Å². The highest BCUT2D eigenvalue weighted by Gasteiger charge is 2.32. The van der Waals surface area contributed by atoms with Crippen LogP contribution in [0.3, 0.4) is 0 Å². The Labute approximate surface area is 125 Å².